The van der Waals surface area contributed by atoms with Crippen LogP contribution in [0.1, 0.15) is 11.3 Å². The first-order valence-corrected chi connectivity index (χ1v) is 5.29. The highest BCUT2D eigenvalue weighted by Crippen LogP contribution is 2.22. The lowest BCUT2D eigenvalue weighted by molar-refractivity contribution is 0.628. The van der Waals surface area contributed by atoms with E-state index in [1.807, 2.05) is 20.0 Å². The number of aryl methyl sites for hydroxylation is 1. The molecule has 3 heteroatoms. The lowest BCUT2D eigenvalue weighted by Crippen LogP contribution is -2.04. The lowest BCUT2D eigenvalue weighted by atomic mass is 10.1. The number of aromatic amines is 1. The van der Waals surface area contributed by atoms with Gasteiger partial charge in [-0.3, -0.25) is 0 Å². The molecule has 84 valence electrons. The highest BCUT2D eigenvalue weighted by atomic mass is 19.1. The molecular formula is C13H15FN2. The number of hydrogen-bond donors (Lipinski definition) is 2. The Kier molecular flexibility index (Phi) is 3.06. The molecule has 0 saturated carbocycles. The number of hydrogen-bond acceptors (Lipinski definition) is 1. The molecule has 0 bridgehead atoms. The Bertz CT molecular complexity index is 488. The van der Waals surface area contributed by atoms with Crippen molar-refractivity contribution in [1.82, 2.24) is 10.3 Å². The van der Waals surface area contributed by atoms with Crippen molar-refractivity contribution in [2.24, 2.45) is 0 Å². The van der Waals surface area contributed by atoms with Crippen LogP contribution in [-0.2, 0) is 6.54 Å². The van der Waals surface area contributed by atoms with Gasteiger partial charge in [0.25, 0.3) is 0 Å². The first kappa shape index (κ1) is 10.9. The molecule has 1 aromatic heterocycles. The summed E-state index contributed by atoms with van der Waals surface area (Å²) in [6, 6.07) is 8.67. The summed E-state index contributed by atoms with van der Waals surface area (Å²) in [5.41, 5.74) is 4.17. The van der Waals surface area contributed by atoms with Crippen LogP contribution in [0.3, 0.4) is 0 Å². The Balaban J connectivity index is 2.37. The fraction of sp³-hybridized carbons (Fsp3) is 0.231. The minimum absolute atomic E-state index is 0.208. The van der Waals surface area contributed by atoms with Gasteiger partial charge in [0, 0.05) is 23.5 Å². The number of aromatic nitrogens is 1. The van der Waals surface area contributed by atoms with E-state index in [4.69, 9.17) is 0 Å². The standard InChI is InChI=1S/C13H15FN2/c1-9-11(8-15-2)7-13(16-9)10-4-3-5-12(14)6-10/h3-7,15-16H,8H2,1-2H3. The quantitative estimate of drug-likeness (QED) is 0.814. The van der Waals surface area contributed by atoms with Crippen LogP contribution in [0.25, 0.3) is 11.3 Å². The first-order chi connectivity index (χ1) is 7.70. The van der Waals surface area contributed by atoms with Gasteiger partial charge in [0.15, 0.2) is 0 Å². The summed E-state index contributed by atoms with van der Waals surface area (Å²) in [4.78, 5) is 3.27. The molecule has 0 saturated heterocycles. The summed E-state index contributed by atoms with van der Waals surface area (Å²) >= 11 is 0. The third-order valence-corrected chi connectivity index (χ3v) is 2.63. The fourth-order valence-electron chi connectivity index (χ4n) is 1.79. The maximum absolute atomic E-state index is 13.1. The largest absolute Gasteiger partial charge is 0.358 e. The molecule has 0 aliphatic carbocycles. The van der Waals surface area contributed by atoms with Crippen LogP contribution in [0.4, 0.5) is 4.39 Å². The predicted molar refractivity (Wildman–Crippen MR) is 63.7 cm³/mol. The van der Waals surface area contributed by atoms with Gasteiger partial charge in [-0.15, -0.1) is 0 Å². The molecule has 1 heterocycles. The van der Waals surface area contributed by atoms with Crippen LogP contribution >= 0.6 is 0 Å². The van der Waals surface area contributed by atoms with Gasteiger partial charge in [0.1, 0.15) is 5.82 Å². The smallest absolute Gasteiger partial charge is 0.123 e. The summed E-state index contributed by atoms with van der Waals surface area (Å²) in [5, 5.41) is 3.11. The maximum Gasteiger partial charge on any atom is 0.123 e. The van der Waals surface area contributed by atoms with Gasteiger partial charge in [-0.1, -0.05) is 12.1 Å². The highest BCUT2D eigenvalue weighted by Gasteiger charge is 2.06. The maximum atomic E-state index is 13.1. The van der Waals surface area contributed by atoms with E-state index in [9.17, 15) is 4.39 Å². The molecule has 16 heavy (non-hydrogen) atoms. The van der Waals surface area contributed by atoms with E-state index < -0.39 is 0 Å². The van der Waals surface area contributed by atoms with Crippen LogP contribution in [0.2, 0.25) is 0 Å². The van der Waals surface area contributed by atoms with Crippen molar-refractivity contribution in [2.45, 2.75) is 13.5 Å². The van der Waals surface area contributed by atoms with Crippen molar-refractivity contribution >= 4 is 0 Å². The van der Waals surface area contributed by atoms with Crippen molar-refractivity contribution in [3.8, 4) is 11.3 Å². The highest BCUT2D eigenvalue weighted by molar-refractivity contribution is 5.61. The normalized spacial score (nSPS) is 10.7. The molecule has 2 nitrogen and oxygen atoms in total. The average Bonchev–Trinajstić information content (AvgIpc) is 2.61. The van der Waals surface area contributed by atoms with Crippen LogP contribution in [0, 0.1) is 12.7 Å². The summed E-state index contributed by atoms with van der Waals surface area (Å²) in [6.07, 6.45) is 0. The van der Waals surface area contributed by atoms with Crippen molar-refractivity contribution in [1.29, 1.82) is 0 Å². The van der Waals surface area contributed by atoms with E-state index in [-0.39, 0.29) is 5.82 Å². The van der Waals surface area contributed by atoms with E-state index >= 15 is 0 Å². The molecule has 0 aliphatic heterocycles. The van der Waals surface area contributed by atoms with Crippen LogP contribution < -0.4 is 5.32 Å². The van der Waals surface area contributed by atoms with Gasteiger partial charge in [-0.2, -0.15) is 0 Å². The first-order valence-electron chi connectivity index (χ1n) is 5.29. The van der Waals surface area contributed by atoms with Gasteiger partial charge in [0.2, 0.25) is 0 Å². The van der Waals surface area contributed by atoms with E-state index in [2.05, 4.69) is 16.4 Å². The second-order valence-corrected chi connectivity index (χ2v) is 3.87. The zero-order chi connectivity index (χ0) is 11.5. The molecule has 0 radical (unpaired) electrons. The molecule has 1 aromatic carbocycles. The van der Waals surface area contributed by atoms with Crippen LogP contribution in [-0.4, -0.2) is 12.0 Å². The van der Waals surface area contributed by atoms with Crippen molar-refractivity contribution in [3.05, 3.63) is 47.4 Å². The Morgan fingerprint density at radius 3 is 2.81 bits per heavy atom. The van der Waals surface area contributed by atoms with Crippen molar-refractivity contribution in [2.75, 3.05) is 7.05 Å². The molecule has 0 unspecified atom stereocenters. The SMILES string of the molecule is CNCc1cc(-c2cccc(F)c2)[nH]c1C. The Morgan fingerprint density at radius 1 is 1.31 bits per heavy atom. The molecule has 0 atom stereocenters. The topological polar surface area (TPSA) is 27.8 Å². The van der Waals surface area contributed by atoms with E-state index in [1.54, 1.807) is 6.07 Å². The zero-order valence-corrected chi connectivity index (χ0v) is 9.47. The molecular weight excluding hydrogens is 203 g/mol. The van der Waals surface area contributed by atoms with Crippen LogP contribution in [0.15, 0.2) is 30.3 Å². The fourth-order valence-corrected chi connectivity index (χ4v) is 1.79. The average molecular weight is 218 g/mol. The number of halogens is 1. The third-order valence-electron chi connectivity index (χ3n) is 2.63. The van der Waals surface area contributed by atoms with E-state index in [0.717, 1.165) is 23.5 Å². The molecule has 0 aliphatic rings. The number of nitrogens with one attached hydrogen (secondary N) is 2. The molecule has 2 N–H and O–H groups in total. The summed E-state index contributed by atoms with van der Waals surface area (Å²) in [7, 11) is 1.91. The van der Waals surface area contributed by atoms with Crippen LogP contribution in [0.5, 0.6) is 0 Å². The second kappa shape index (κ2) is 4.49. The van der Waals surface area contributed by atoms with Crippen molar-refractivity contribution < 1.29 is 4.39 Å². The monoisotopic (exact) mass is 218 g/mol. The number of rotatable bonds is 3. The van der Waals surface area contributed by atoms with E-state index in [1.165, 1.54) is 17.7 Å². The minimum atomic E-state index is -0.208. The lowest BCUT2D eigenvalue weighted by Gasteiger charge is -1.97. The van der Waals surface area contributed by atoms with Crippen molar-refractivity contribution in [3.63, 3.8) is 0 Å². The molecule has 0 fully saturated rings. The second-order valence-electron chi connectivity index (χ2n) is 3.87. The van der Waals surface area contributed by atoms with Gasteiger partial charge in [-0.05, 0) is 37.7 Å². The minimum Gasteiger partial charge on any atom is -0.358 e. The molecule has 0 spiro atoms. The van der Waals surface area contributed by atoms with Gasteiger partial charge >= 0.3 is 0 Å². The Hall–Kier alpha value is -1.61. The summed E-state index contributed by atoms with van der Waals surface area (Å²) in [6.45, 7) is 2.84. The predicted octanol–water partition coefficient (Wildman–Crippen LogP) is 2.85. The van der Waals surface area contributed by atoms with Gasteiger partial charge in [0.05, 0.1) is 0 Å². The number of H-pyrrole nitrogens is 1. The summed E-state index contributed by atoms with van der Waals surface area (Å²) in [5.74, 6) is -0.208. The van der Waals surface area contributed by atoms with Gasteiger partial charge < -0.3 is 10.3 Å². The summed E-state index contributed by atoms with van der Waals surface area (Å²) < 4.78 is 13.1. The van der Waals surface area contributed by atoms with E-state index in [0.29, 0.717) is 0 Å². The zero-order valence-electron chi connectivity index (χ0n) is 9.47. The molecule has 2 aromatic rings. The number of benzene rings is 1. The molecule has 2 rings (SSSR count). The van der Waals surface area contributed by atoms with Gasteiger partial charge in [-0.25, -0.2) is 4.39 Å². The third kappa shape index (κ3) is 2.14. The Labute approximate surface area is 94.5 Å². The Morgan fingerprint density at radius 2 is 2.12 bits per heavy atom. The molecule has 0 amide bonds.